The Morgan fingerprint density at radius 1 is 1.12 bits per heavy atom. The fraction of sp³-hybridized carbons (Fsp3) is 0.300. The van der Waals surface area contributed by atoms with Crippen LogP contribution in [-0.2, 0) is 16.0 Å². The van der Waals surface area contributed by atoms with Crippen molar-refractivity contribution in [1.29, 1.82) is 0 Å². The van der Waals surface area contributed by atoms with E-state index in [0.717, 1.165) is 17.7 Å². The normalized spacial score (nSPS) is 16.5. The third kappa shape index (κ3) is 3.14. The Balaban J connectivity index is 1.82. The molecule has 3 rings (SSSR count). The van der Waals surface area contributed by atoms with Crippen molar-refractivity contribution >= 4 is 23.2 Å². The maximum atomic E-state index is 13.1. The molecule has 2 aromatic carbocycles. The molecule has 130 valence electrons. The van der Waals surface area contributed by atoms with Gasteiger partial charge in [-0.3, -0.25) is 9.59 Å². The monoisotopic (exact) mass is 340 g/mol. The Morgan fingerprint density at radius 2 is 1.76 bits per heavy atom. The Hall–Kier alpha value is -2.69. The lowest BCUT2D eigenvalue weighted by atomic mass is 9.89. The molecule has 1 N–H and O–H groups in total. The summed E-state index contributed by atoms with van der Waals surface area (Å²) in [6.45, 7) is 5.20. The summed E-state index contributed by atoms with van der Waals surface area (Å²) in [6, 6.07) is 13.2. The van der Waals surface area contributed by atoms with Crippen LogP contribution in [0.3, 0.4) is 0 Å². The highest BCUT2D eigenvalue weighted by Gasteiger charge is 2.43. The Labute approximate surface area is 146 Å². The van der Waals surface area contributed by atoms with E-state index in [1.54, 1.807) is 18.7 Å². The van der Waals surface area contributed by atoms with Crippen LogP contribution in [0.5, 0.6) is 0 Å². The van der Waals surface area contributed by atoms with Crippen molar-refractivity contribution in [1.82, 2.24) is 0 Å². The number of fused-ring (bicyclic) bond motifs is 1. The van der Waals surface area contributed by atoms with E-state index >= 15 is 0 Å². The minimum Gasteiger partial charge on any atom is -0.325 e. The van der Waals surface area contributed by atoms with Crippen molar-refractivity contribution in [2.75, 3.05) is 10.2 Å². The van der Waals surface area contributed by atoms with E-state index < -0.39 is 11.3 Å². The number of carbonyl (C=O) groups excluding carboxylic acids is 2. The summed E-state index contributed by atoms with van der Waals surface area (Å²) in [4.78, 5) is 27.5. The molecule has 1 heterocycles. The van der Waals surface area contributed by atoms with Gasteiger partial charge < -0.3 is 10.2 Å². The number of rotatable bonds is 3. The van der Waals surface area contributed by atoms with E-state index in [-0.39, 0.29) is 17.8 Å². The molecule has 1 atom stereocenters. The van der Waals surface area contributed by atoms with Crippen LogP contribution < -0.4 is 10.2 Å². The maximum Gasteiger partial charge on any atom is 0.242 e. The molecule has 5 heteroatoms. The van der Waals surface area contributed by atoms with E-state index in [1.807, 2.05) is 31.2 Å². The molecule has 1 unspecified atom stereocenters. The van der Waals surface area contributed by atoms with Crippen LogP contribution in [-0.4, -0.2) is 17.9 Å². The highest BCUT2D eigenvalue weighted by atomic mass is 19.1. The number of amides is 2. The lowest BCUT2D eigenvalue weighted by molar-refractivity contribution is -0.136. The van der Waals surface area contributed by atoms with Crippen molar-refractivity contribution in [3.63, 3.8) is 0 Å². The second kappa shape index (κ2) is 6.31. The van der Waals surface area contributed by atoms with Gasteiger partial charge in [0, 0.05) is 17.4 Å². The first-order chi connectivity index (χ1) is 11.8. The number of hydrogen-bond donors (Lipinski definition) is 1. The van der Waals surface area contributed by atoms with E-state index in [1.165, 1.54) is 24.3 Å². The topological polar surface area (TPSA) is 49.4 Å². The standard InChI is InChI=1S/C20H21FN2O2/c1-13-12-14-6-4-5-7-17(14)23(13)19(25)20(2,3)18(24)22-16-10-8-15(21)9-11-16/h4-11,13H,12H2,1-3H3,(H,22,24). The van der Waals surface area contributed by atoms with Crippen LogP contribution in [0.1, 0.15) is 26.3 Å². The summed E-state index contributed by atoms with van der Waals surface area (Å²) in [5, 5.41) is 2.70. The van der Waals surface area contributed by atoms with Crippen molar-refractivity contribution < 1.29 is 14.0 Å². The lowest BCUT2D eigenvalue weighted by Crippen LogP contribution is -2.49. The molecule has 0 aliphatic carbocycles. The fourth-order valence-corrected chi connectivity index (χ4v) is 3.09. The van der Waals surface area contributed by atoms with Gasteiger partial charge in [0.1, 0.15) is 11.2 Å². The second-order valence-electron chi connectivity index (χ2n) is 6.94. The molecule has 1 aliphatic heterocycles. The van der Waals surface area contributed by atoms with E-state index in [9.17, 15) is 14.0 Å². The van der Waals surface area contributed by atoms with Crippen LogP contribution in [0.25, 0.3) is 0 Å². The van der Waals surface area contributed by atoms with Gasteiger partial charge in [0.2, 0.25) is 11.8 Å². The summed E-state index contributed by atoms with van der Waals surface area (Å²) in [7, 11) is 0. The summed E-state index contributed by atoms with van der Waals surface area (Å²) in [5.41, 5.74) is 1.18. The first-order valence-electron chi connectivity index (χ1n) is 8.29. The molecular weight excluding hydrogens is 319 g/mol. The molecule has 25 heavy (non-hydrogen) atoms. The van der Waals surface area contributed by atoms with Crippen molar-refractivity contribution in [3.05, 3.63) is 59.9 Å². The van der Waals surface area contributed by atoms with Gasteiger partial charge >= 0.3 is 0 Å². The van der Waals surface area contributed by atoms with Gasteiger partial charge in [-0.2, -0.15) is 0 Å². The zero-order valence-corrected chi connectivity index (χ0v) is 14.5. The number of carbonyl (C=O) groups is 2. The summed E-state index contributed by atoms with van der Waals surface area (Å²) < 4.78 is 13.0. The van der Waals surface area contributed by atoms with Crippen molar-refractivity contribution in [2.45, 2.75) is 33.2 Å². The molecule has 0 spiro atoms. The quantitative estimate of drug-likeness (QED) is 0.865. The highest BCUT2D eigenvalue weighted by Crippen LogP contribution is 2.35. The summed E-state index contributed by atoms with van der Waals surface area (Å²) in [6.07, 6.45) is 0.775. The maximum absolute atomic E-state index is 13.1. The number of nitrogens with one attached hydrogen (secondary N) is 1. The predicted octanol–water partition coefficient (Wildman–Crippen LogP) is 3.77. The molecule has 4 nitrogen and oxygen atoms in total. The average molecular weight is 340 g/mol. The highest BCUT2D eigenvalue weighted by molar-refractivity contribution is 6.15. The summed E-state index contributed by atoms with van der Waals surface area (Å²) in [5.74, 6) is -1.04. The van der Waals surface area contributed by atoms with E-state index in [0.29, 0.717) is 5.69 Å². The molecule has 0 fully saturated rings. The number of benzene rings is 2. The third-order valence-corrected chi connectivity index (χ3v) is 4.63. The number of nitrogens with zero attached hydrogens (tertiary/aromatic N) is 1. The van der Waals surface area contributed by atoms with Gasteiger partial charge in [-0.05, 0) is 63.1 Å². The molecule has 0 saturated heterocycles. The minimum atomic E-state index is -1.25. The molecule has 2 amide bonds. The van der Waals surface area contributed by atoms with E-state index in [2.05, 4.69) is 5.32 Å². The van der Waals surface area contributed by atoms with Gasteiger partial charge in [0.05, 0.1) is 0 Å². The zero-order valence-electron chi connectivity index (χ0n) is 14.5. The molecule has 0 aromatic heterocycles. The number of halogens is 1. The number of para-hydroxylation sites is 1. The second-order valence-corrected chi connectivity index (χ2v) is 6.94. The molecular formula is C20H21FN2O2. The van der Waals surface area contributed by atoms with Crippen molar-refractivity contribution in [2.24, 2.45) is 5.41 Å². The molecule has 1 aliphatic rings. The summed E-state index contributed by atoms with van der Waals surface area (Å²) >= 11 is 0. The molecule has 0 bridgehead atoms. The van der Waals surface area contributed by atoms with E-state index in [4.69, 9.17) is 0 Å². The Morgan fingerprint density at radius 3 is 2.44 bits per heavy atom. The minimum absolute atomic E-state index is 0.00259. The first kappa shape index (κ1) is 17.1. The van der Waals surface area contributed by atoms with Crippen LogP contribution in [0.4, 0.5) is 15.8 Å². The van der Waals surface area contributed by atoms with Crippen LogP contribution in [0.2, 0.25) is 0 Å². The SMILES string of the molecule is CC1Cc2ccccc2N1C(=O)C(C)(C)C(=O)Nc1ccc(F)cc1. The van der Waals surface area contributed by atoms with Crippen LogP contribution in [0, 0.1) is 11.2 Å². The molecule has 0 saturated carbocycles. The van der Waals surface area contributed by atoms with Gasteiger partial charge in [0.25, 0.3) is 0 Å². The first-order valence-corrected chi connectivity index (χ1v) is 8.29. The largest absolute Gasteiger partial charge is 0.325 e. The van der Waals surface area contributed by atoms with Gasteiger partial charge in [-0.1, -0.05) is 18.2 Å². The zero-order chi connectivity index (χ0) is 18.2. The molecule has 2 aromatic rings. The van der Waals surface area contributed by atoms with Gasteiger partial charge in [-0.25, -0.2) is 4.39 Å². The Kier molecular flexibility index (Phi) is 4.33. The average Bonchev–Trinajstić information content (AvgIpc) is 2.91. The lowest BCUT2D eigenvalue weighted by Gasteiger charge is -2.31. The van der Waals surface area contributed by atoms with Gasteiger partial charge in [0.15, 0.2) is 0 Å². The smallest absolute Gasteiger partial charge is 0.242 e. The number of anilines is 2. The van der Waals surface area contributed by atoms with Crippen molar-refractivity contribution in [3.8, 4) is 0 Å². The molecule has 0 radical (unpaired) electrons. The predicted molar refractivity (Wildman–Crippen MR) is 95.9 cm³/mol. The number of hydrogen-bond acceptors (Lipinski definition) is 2. The van der Waals surface area contributed by atoms with Crippen LogP contribution in [0.15, 0.2) is 48.5 Å². The van der Waals surface area contributed by atoms with Gasteiger partial charge in [-0.15, -0.1) is 0 Å². The third-order valence-electron chi connectivity index (χ3n) is 4.63. The Bertz CT molecular complexity index is 815. The van der Waals surface area contributed by atoms with Crippen LogP contribution >= 0.6 is 0 Å². The fourth-order valence-electron chi connectivity index (χ4n) is 3.09.